The fourth-order valence-electron chi connectivity index (χ4n) is 2.44. The first kappa shape index (κ1) is 23.7. The van der Waals surface area contributed by atoms with Gasteiger partial charge < -0.3 is 0 Å². The maximum atomic E-state index is 14.4. The molecule has 1 aliphatic carbocycles. The molecule has 0 N–H and O–H groups in total. The maximum absolute atomic E-state index is 14.4. The van der Waals surface area contributed by atoms with Crippen LogP contribution in [0.1, 0.15) is 39.0 Å². The van der Waals surface area contributed by atoms with E-state index in [4.69, 9.17) is 0 Å². The molecule has 0 nitrogen and oxygen atoms in total. The molecule has 1 saturated carbocycles. The van der Waals surface area contributed by atoms with Crippen LogP contribution >= 0.6 is 22.6 Å². The quantitative estimate of drug-likeness (QED) is 0.199. The molecule has 12 heteroatoms. The summed E-state index contributed by atoms with van der Waals surface area (Å²) in [7, 11) is 0. The van der Waals surface area contributed by atoms with E-state index in [1.165, 1.54) is 0 Å². The van der Waals surface area contributed by atoms with Gasteiger partial charge in [0.1, 0.15) is 0 Å². The van der Waals surface area contributed by atoms with Crippen LogP contribution in [-0.4, -0.2) is 35.3 Å². The van der Waals surface area contributed by atoms with Crippen molar-refractivity contribution in [3.8, 4) is 0 Å². The Morgan fingerprint density at radius 3 is 1.42 bits per heavy atom. The third kappa shape index (κ3) is 2.92. The molecule has 1 aliphatic rings. The van der Waals surface area contributed by atoms with Crippen LogP contribution in [-0.2, 0) is 0 Å². The van der Waals surface area contributed by atoms with E-state index >= 15 is 0 Å². The van der Waals surface area contributed by atoms with Crippen LogP contribution in [0.4, 0.5) is 48.3 Å². The van der Waals surface area contributed by atoms with Crippen LogP contribution in [0.2, 0.25) is 0 Å². The van der Waals surface area contributed by atoms with Crippen molar-refractivity contribution in [2.24, 2.45) is 0 Å². The van der Waals surface area contributed by atoms with Crippen LogP contribution in [0.15, 0.2) is 9.66 Å². The Morgan fingerprint density at radius 2 is 1.04 bits per heavy atom. The van der Waals surface area contributed by atoms with Gasteiger partial charge in [-0.25, -0.2) is 4.39 Å². The highest BCUT2D eigenvalue weighted by Crippen LogP contribution is 2.69. The minimum atomic E-state index is -7.16. The molecule has 26 heavy (non-hydrogen) atoms. The van der Waals surface area contributed by atoms with Crippen LogP contribution in [0, 0.1) is 0 Å². The van der Waals surface area contributed by atoms with Gasteiger partial charge >= 0.3 is 29.6 Å². The van der Waals surface area contributed by atoms with Gasteiger partial charge in [-0.2, -0.15) is 43.9 Å². The van der Waals surface area contributed by atoms with E-state index in [0.29, 0.717) is 12.8 Å². The summed E-state index contributed by atoms with van der Waals surface area (Å²) < 4.78 is 148. The number of alkyl halides is 11. The molecule has 154 valence electrons. The summed E-state index contributed by atoms with van der Waals surface area (Å²) in [5.74, 6) is -34.8. The summed E-state index contributed by atoms with van der Waals surface area (Å²) in [5.41, 5.74) is -6.00. The number of hydrogen-bond donors (Lipinski definition) is 0. The van der Waals surface area contributed by atoms with Crippen LogP contribution in [0.25, 0.3) is 0 Å². The second-order valence-electron chi connectivity index (χ2n) is 5.99. The molecule has 1 fully saturated rings. The summed E-state index contributed by atoms with van der Waals surface area (Å²) in [6.07, 6.45) is 0.838. The molecule has 0 aromatic carbocycles. The van der Waals surface area contributed by atoms with Crippen LogP contribution in [0.5, 0.6) is 0 Å². The molecular weight excluding hydrogens is 504 g/mol. The van der Waals surface area contributed by atoms with E-state index in [1.807, 2.05) is 0 Å². The number of rotatable bonds is 6. The average molecular weight is 518 g/mol. The molecule has 0 saturated heterocycles. The Morgan fingerprint density at radius 1 is 0.654 bits per heavy atom. The molecule has 0 aromatic heterocycles. The normalized spacial score (nSPS) is 28.0. The first-order chi connectivity index (χ1) is 11.5. The average Bonchev–Trinajstić information content (AvgIpc) is 2.49. The molecule has 0 bridgehead atoms. The van der Waals surface area contributed by atoms with Crippen molar-refractivity contribution in [3.63, 3.8) is 0 Å². The van der Waals surface area contributed by atoms with Crippen molar-refractivity contribution < 1.29 is 48.3 Å². The highest BCUT2D eigenvalue weighted by Gasteiger charge is 3.00. The van der Waals surface area contributed by atoms with Gasteiger partial charge in [0.25, 0.3) is 5.67 Å². The van der Waals surface area contributed by atoms with Gasteiger partial charge in [0.05, 0.1) is 0 Å². The predicted octanol–water partition coefficient (Wildman–Crippen LogP) is 7.17. The van der Waals surface area contributed by atoms with Gasteiger partial charge in [-0.15, -0.1) is 0 Å². The standard InChI is InChI=1S/C14H14F11I/c1-2-3-4-5-6-8(26)7-9(15)10(16,17)12(20,21)14(24,25)13(22,23)11(9,18)19/h7H,2-6H2,1H3. The third-order valence-electron chi connectivity index (χ3n) is 4.12. The summed E-state index contributed by atoms with van der Waals surface area (Å²) in [4.78, 5) is 0. The lowest BCUT2D eigenvalue weighted by atomic mass is 9.72. The second-order valence-corrected chi connectivity index (χ2v) is 7.37. The molecule has 0 atom stereocenters. The maximum Gasteiger partial charge on any atom is 0.384 e. The van der Waals surface area contributed by atoms with Crippen molar-refractivity contribution >= 4 is 22.6 Å². The lowest BCUT2D eigenvalue weighted by Crippen LogP contribution is -2.83. The van der Waals surface area contributed by atoms with Gasteiger partial charge in [0.2, 0.25) is 0 Å². The van der Waals surface area contributed by atoms with Gasteiger partial charge in [0, 0.05) is 0 Å². The van der Waals surface area contributed by atoms with Gasteiger partial charge in [-0.1, -0.05) is 26.2 Å². The number of allylic oxidation sites excluding steroid dienone is 2. The first-order valence-electron chi connectivity index (χ1n) is 7.41. The molecule has 0 radical (unpaired) electrons. The largest absolute Gasteiger partial charge is 0.384 e. The number of hydrogen-bond acceptors (Lipinski definition) is 0. The molecule has 0 unspecified atom stereocenters. The van der Waals surface area contributed by atoms with Crippen molar-refractivity contribution in [1.82, 2.24) is 0 Å². The zero-order valence-corrected chi connectivity index (χ0v) is 15.3. The monoisotopic (exact) mass is 518 g/mol. The van der Waals surface area contributed by atoms with E-state index in [9.17, 15) is 48.3 Å². The molecule has 0 spiro atoms. The van der Waals surface area contributed by atoms with E-state index in [-0.39, 0.29) is 12.8 Å². The summed E-state index contributed by atoms with van der Waals surface area (Å²) in [6.45, 7) is 1.80. The Hall–Kier alpha value is -0.300. The summed E-state index contributed by atoms with van der Waals surface area (Å²) >= 11 is 1.05. The van der Waals surface area contributed by atoms with E-state index in [2.05, 4.69) is 0 Å². The van der Waals surface area contributed by atoms with Crippen LogP contribution in [0.3, 0.4) is 0 Å². The zero-order chi connectivity index (χ0) is 20.8. The van der Waals surface area contributed by atoms with E-state index in [0.717, 1.165) is 29.0 Å². The third-order valence-corrected chi connectivity index (χ3v) is 4.97. The lowest BCUT2D eigenvalue weighted by molar-refractivity contribution is -0.476. The van der Waals surface area contributed by atoms with E-state index < -0.39 is 44.9 Å². The van der Waals surface area contributed by atoms with Crippen molar-refractivity contribution in [1.29, 1.82) is 0 Å². The first-order valence-corrected chi connectivity index (χ1v) is 8.48. The minimum absolute atomic E-state index is 0.152. The SMILES string of the molecule is CCCCCCC(I)=CC1(F)C(F)(F)C(F)(F)C(F)(F)C(F)(F)C1(F)F. The summed E-state index contributed by atoms with van der Waals surface area (Å²) in [5, 5.41) is 0. The number of unbranched alkanes of at least 4 members (excludes halogenated alkanes) is 3. The summed E-state index contributed by atoms with van der Waals surface area (Å²) in [6, 6.07) is 0. The molecule has 0 aliphatic heterocycles. The molecular formula is C14H14F11I. The Labute approximate surface area is 155 Å². The van der Waals surface area contributed by atoms with Crippen molar-refractivity contribution in [3.05, 3.63) is 9.66 Å². The number of halogens is 12. The molecule has 1 rings (SSSR count). The molecule has 0 amide bonds. The van der Waals surface area contributed by atoms with Gasteiger partial charge in [-0.3, -0.25) is 0 Å². The highest BCUT2D eigenvalue weighted by molar-refractivity contribution is 14.1. The minimum Gasteiger partial charge on any atom is -0.225 e. The highest BCUT2D eigenvalue weighted by atomic mass is 127. The second kappa shape index (κ2) is 6.94. The zero-order valence-electron chi connectivity index (χ0n) is 13.1. The van der Waals surface area contributed by atoms with Crippen molar-refractivity contribution in [2.75, 3.05) is 0 Å². The predicted molar refractivity (Wildman–Crippen MR) is 79.4 cm³/mol. The van der Waals surface area contributed by atoms with Crippen molar-refractivity contribution in [2.45, 2.75) is 74.3 Å². The Bertz CT molecular complexity index is 523. The Kier molecular flexibility index (Phi) is 6.34. The van der Waals surface area contributed by atoms with Gasteiger partial charge in [0.15, 0.2) is 0 Å². The smallest absolute Gasteiger partial charge is 0.225 e. The molecule has 0 aromatic rings. The van der Waals surface area contributed by atoms with Crippen LogP contribution < -0.4 is 0 Å². The van der Waals surface area contributed by atoms with Gasteiger partial charge in [-0.05, 0) is 45.1 Å². The Balaban J connectivity index is 3.46. The topological polar surface area (TPSA) is 0 Å². The fraction of sp³-hybridized carbons (Fsp3) is 0.857. The fourth-order valence-corrected chi connectivity index (χ4v) is 3.25. The van der Waals surface area contributed by atoms with E-state index in [1.54, 1.807) is 6.92 Å². The lowest BCUT2D eigenvalue weighted by Gasteiger charge is -2.51. The molecule has 0 heterocycles.